The molecule has 0 aliphatic rings. The second-order valence-electron chi connectivity index (χ2n) is 3.73. The number of aryl methyl sites for hydroxylation is 1. The Bertz CT molecular complexity index is 539. The summed E-state index contributed by atoms with van der Waals surface area (Å²) >= 11 is 12.1. The Balaban J connectivity index is 2.47. The van der Waals surface area contributed by atoms with Gasteiger partial charge in [-0.25, -0.2) is 4.68 Å². The molecule has 2 aromatic heterocycles. The third kappa shape index (κ3) is 2.48. The summed E-state index contributed by atoms with van der Waals surface area (Å²) in [6.45, 7) is 2.22. The summed E-state index contributed by atoms with van der Waals surface area (Å²) < 4.78 is 6.58. The molecule has 5 nitrogen and oxygen atoms in total. The zero-order valence-corrected chi connectivity index (χ0v) is 11.5. The Kier molecular flexibility index (Phi) is 4.16. The summed E-state index contributed by atoms with van der Waals surface area (Å²) in [4.78, 5) is 0. The van der Waals surface area contributed by atoms with E-state index in [0.29, 0.717) is 23.3 Å². The predicted octanol–water partition coefficient (Wildman–Crippen LogP) is 2.51. The zero-order chi connectivity index (χ0) is 13.1. The lowest BCUT2D eigenvalue weighted by Gasteiger charge is -2.01. The third-order valence-electron chi connectivity index (χ3n) is 2.42. The van der Waals surface area contributed by atoms with Crippen molar-refractivity contribution in [2.24, 2.45) is 0 Å². The number of ether oxygens (including phenoxy) is 1. The maximum absolute atomic E-state index is 6.23. The Morgan fingerprint density at radius 1 is 1.33 bits per heavy atom. The van der Waals surface area contributed by atoms with Crippen LogP contribution in [0.4, 0.5) is 0 Å². The van der Waals surface area contributed by atoms with E-state index in [0.717, 1.165) is 11.3 Å². The van der Waals surface area contributed by atoms with Crippen LogP contribution in [-0.2, 0) is 17.2 Å². The van der Waals surface area contributed by atoms with Gasteiger partial charge in [0.2, 0.25) is 0 Å². The molecule has 0 aliphatic heterocycles. The maximum atomic E-state index is 6.23. The van der Waals surface area contributed by atoms with E-state index in [2.05, 4.69) is 15.3 Å². The molecule has 0 bridgehead atoms. The van der Waals surface area contributed by atoms with E-state index in [1.165, 1.54) is 4.68 Å². The average Bonchev–Trinajstić information content (AvgIpc) is 2.67. The highest BCUT2D eigenvalue weighted by molar-refractivity contribution is 6.31. The average molecular weight is 287 g/mol. The van der Waals surface area contributed by atoms with Crippen LogP contribution >= 0.6 is 23.2 Å². The molecule has 0 saturated carbocycles. The highest BCUT2D eigenvalue weighted by Crippen LogP contribution is 2.24. The molecule has 0 atom stereocenters. The number of hydrogen-bond donors (Lipinski definition) is 0. The summed E-state index contributed by atoms with van der Waals surface area (Å²) in [5.74, 6) is 0.830. The third-order valence-corrected chi connectivity index (χ3v) is 3.08. The summed E-state index contributed by atoms with van der Waals surface area (Å²) in [7, 11) is 1.59. The molecule has 2 aromatic rings. The number of hydrogen-bond acceptors (Lipinski definition) is 4. The Labute approximate surface area is 115 Å². The predicted molar refractivity (Wildman–Crippen MR) is 69.2 cm³/mol. The smallest absolute Gasteiger partial charge is 0.177 e. The molecule has 7 heteroatoms. The zero-order valence-electron chi connectivity index (χ0n) is 10.0. The van der Waals surface area contributed by atoms with Crippen LogP contribution in [0.1, 0.15) is 17.0 Å². The van der Waals surface area contributed by atoms with Gasteiger partial charge in [-0.15, -0.1) is 16.7 Å². The van der Waals surface area contributed by atoms with E-state index >= 15 is 0 Å². The molecule has 0 saturated heterocycles. The number of halogens is 2. The van der Waals surface area contributed by atoms with Gasteiger partial charge < -0.3 is 4.74 Å². The van der Waals surface area contributed by atoms with Gasteiger partial charge in [0.25, 0.3) is 0 Å². The maximum Gasteiger partial charge on any atom is 0.177 e. The highest BCUT2D eigenvalue weighted by atomic mass is 35.5. The lowest BCUT2D eigenvalue weighted by Crippen LogP contribution is -2.02. The fourth-order valence-electron chi connectivity index (χ4n) is 1.51. The Morgan fingerprint density at radius 2 is 2.11 bits per heavy atom. The summed E-state index contributed by atoms with van der Waals surface area (Å²) in [6, 6.07) is 3.65. The fraction of sp³-hybridized carbons (Fsp3) is 0.364. The second kappa shape index (κ2) is 5.65. The fourth-order valence-corrected chi connectivity index (χ4v) is 2.16. The first kappa shape index (κ1) is 13.3. The van der Waals surface area contributed by atoms with Crippen LogP contribution in [0.2, 0.25) is 5.15 Å². The number of nitrogens with zero attached hydrogens (tertiary/aromatic N) is 4. The molecular weight excluding hydrogens is 275 g/mol. The van der Waals surface area contributed by atoms with Gasteiger partial charge in [-0.1, -0.05) is 11.6 Å². The normalized spacial score (nSPS) is 10.9. The van der Waals surface area contributed by atoms with Crippen molar-refractivity contribution in [2.45, 2.75) is 19.4 Å². The van der Waals surface area contributed by atoms with Crippen molar-refractivity contribution >= 4 is 23.2 Å². The van der Waals surface area contributed by atoms with E-state index in [4.69, 9.17) is 27.9 Å². The SMILES string of the molecule is COCc1nn(-c2ccc(C)nn2)c(Cl)c1CCl. The summed E-state index contributed by atoms with van der Waals surface area (Å²) in [6.07, 6.45) is 0. The van der Waals surface area contributed by atoms with E-state index in [9.17, 15) is 0 Å². The molecule has 2 rings (SSSR count). The van der Waals surface area contributed by atoms with E-state index in [1.54, 1.807) is 13.2 Å². The first-order valence-electron chi connectivity index (χ1n) is 5.29. The quantitative estimate of drug-likeness (QED) is 0.811. The van der Waals surface area contributed by atoms with Gasteiger partial charge in [0.05, 0.1) is 23.9 Å². The van der Waals surface area contributed by atoms with E-state index in [1.807, 2.05) is 13.0 Å². The molecule has 0 aromatic carbocycles. The molecule has 2 heterocycles. The molecule has 18 heavy (non-hydrogen) atoms. The first-order chi connectivity index (χ1) is 8.67. The molecular formula is C11H12Cl2N4O. The molecule has 0 N–H and O–H groups in total. The van der Waals surface area contributed by atoms with E-state index < -0.39 is 0 Å². The number of aromatic nitrogens is 4. The van der Waals surface area contributed by atoms with Crippen LogP contribution in [0.5, 0.6) is 0 Å². The minimum atomic E-state index is 0.275. The highest BCUT2D eigenvalue weighted by Gasteiger charge is 2.17. The molecule has 0 unspecified atom stereocenters. The standard InChI is InChI=1S/C11H12Cl2N4O/c1-7-3-4-10(15-14-7)17-11(13)8(5-12)9(16-17)6-18-2/h3-4H,5-6H2,1-2H3. The van der Waals surface area contributed by atoms with Crippen LogP contribution in [0, 0.1) is 6.92 Å². The summed E-state index contributed by atoms with van der Waals surface area (Å²) in [5.41, 5.74) is 2.29. The first-order valence-corrected chi connectivity index (χ1v) is 6.20. The van der Waals surface area contributed by atoms with Gasteiger partial charge in [0.15, 0.2) is 5.82 Å². The molecule has 0 amide bonds. The summed E-state index contributed by atoms with van der Waals surface area (Å²) in [5, 5.41) is 12.8. The second-order valence-corrected chi connectivity index (χ2v) is 4.35. The van der Waals surface area contributed by atoms with Crippen LogP contribution < -0.4 is 0 Å². The molecule has 96 valence electrons. The lowest BCUT2D eigenvalue weighted by molar-refractivity contribution is 0.180. The Morgan fingerprint density at radius 3 is 2.67 bits per heavy atom. The van der Waals surface area contributed by atoms with Gasteiger partial charge in [0.1, 0.15) is 5.15 Å². The minimum Gasteiger partial charge on any atom is -0.378 e. The largest absolute Gasteiger partial charge is 0.378 e. The molecule has 0 aliphatic carbocycles. The van der Waals surface area contributed by atoms with Crippen molar-refractivity contribution in [3.8, 4) is 5.82 Å². The number of methoxy groups -OCH3 is 1. The van der Waals surface area contributed by atoms with Crippen LogP contribution in [0.3, 0.4) is 0 Å². The van der Waals surface area contributed by atoms with Crippen molar-refractivity contribution in [1.29, 1.82) is 0 Å². The van der Waals surface area contributed by atoms with Gasteiger partial charge in [0, 0.05) is 12.7 Å². The number of alkyl halides is 1. The van der Waals surface area contributed by atoms with Gasteiger partial charge in [-0.2, -0.15) is 10.2 Å². The van der Waals surface area contributed by atoms with Crippen LogP contribution in [-0.4, -0.2) is 27.1 Å². The van der Waals surface area contributed by atoms with Crippen LogP contribution in [0.25, 0.3) is 5.82 Å². The molecule has 0 radical (unpaired) electrons. The van der Waals surface area contributed by atoms with E-state index in [-0.39, 0.29) is 5.88 Å². The van der Waals surface area contributed by atoms with Gasteiger partial charge >= 0.3 is 0 Å². The topological polar surface area (TPSA) is 52.8 Å². The van der Waals surface area contributed by atoms with Crippen molar-refractivity contribution in [3.63, 3.8) is 0 Å². The Hall–Kier alpha value is -1.17. The van der Waals surface area contributed by atoms with Crippen molar-refractivity contribution in [3.05, 3.63) is 34.2 Å². The van der Waals surface area contributed by atoms with Gasteiger partial charge in [-0.3, -0.25) is 0 Å². The monoisotopic (exact) mass is 286 g/mol. The van der Waals surface area contributed by atoms with Gasteiger partial charge in [-0.05, 0) is 19.1 Å². The van der Waals surface area contributed by atoms with Crippen molar-refractivity contribution < 1.29 is 4.74 Å². The lowest BCUT2D eigenvalue weighted by atomic mass is 10.3. The van der Waals surface area contributed by atoms with Crippen molar-refractivity contribution in [2.75, 3.05) is 7.11 Å². The van der Waals surface area contributed by atoms with Crippen LogP contribution in [0.15, 0.2) is 12.1 Å². The molecule has 0 fully saturated rings. The minimum absolute atomic E-state index is 0.275. The molecule has 0 spiro atoms. The number of rotatable bonds is 4. The van der Waals surface area contributed by atoms with Crippen molar-refractivity contribution in [1.82, 2.24) is 20.0 Å².